The van der Waals surface area contributed by atoms with Crippen molar-refractivity contribution in [1.29, 1.82) is 0 Å². The van der Waals surface area contributed by atoms with Gasteiger partial charge in [-0.05, 0) is 64.5 Å². The number of ether oxygens (including phenoxy) is 2. The van der Waals surface area contributed by atoms with E-state index in [4.69, 9.17) is 32.7 Å². The first kappa shape index (κ1) is 27.6. The van der Waals surface area contributed by atoms with Crippen molar-refractivity contribution in [2.24, 2.45) is 11.8 Å². The second-order valence-electron chi connectivity index (χ2n) is 10.2. The summed E-state index contributed by atoms with van der Waals surface area (Å²) in [6.45, 7) is 11.5. The molecule has 2 aliphatic rings. The summed E-state index contributed by atoms with van der Waals surface area (Å²) in [6.07, 6.45) is 3.13. The van der Waals surface area contributed by atoms with Crippen molar-refractivity contribution in [2.75, 3.05) is 32.8 Å². The van der Waals surface area contributed by atoms with Gasteiger partial charge in [0.05, 0.1) is 22.1 Å². The summed E-state index contributed by atoms with van der Waals surface area (Å²) < 4.78 is 11.2. The summed E-state index contributed by atoms with van der Waals surface area (Å²) >= 11 is 12.7. The number of likely N-dealkylation sites (tertiary alicyclic amines) is 2. The molecular weight excluding hydrogens is 491 g/mol. The normalized spacial score (nSPS) is 21.9. The minimum atomic E-state index is -0.870. The van der Waals surface area contributed by atoms with E-state index in [-0.39, 0.29) is 35.5 Å². The SMILES string of the molecule is C=CCOc1ccc(Cl)c(Cl)c1C(O)C1CCCN(C(=O)[C@@H]2CCN(C(=O)OC(C)(C)C)C2)CC1. The topological polar surface area (TPSA) is 79.3 Å². The van der Waals surface area contributed by atoms with Gasteiger partial charge in [0.15, 0.2) is 0 Å². The Kier molecular flexibility index (Phi) is 9.35. The molecule has 7 nitrogen and oxygen atoms in total. The van der Waals surface area contributed by atoms with Crippen LogP contribution in [0.4, 0.5) is 4.79 Å². The van der Waals surface area contributed by atoms with E-state index in [9.17, 15) is 14.7 Å². The molecule has 1 aromatic rings. The molecule has 2 saturated heterocycles. The predicted octanol–water partition coefficient (Wildman–Crippen LogP) is 5.48. The van der Waals surface area contributed by atoms with E-state index in [1.165, 1.54) is 0 Å². The van der Waals surface area contributed by atoms with Gasteiger partial charge in [-0.3, -0.25) is 4.79 Å². The van der Waals surface area contributed by atoms with E-state index in [0.29, 0.717) is 55.4 Å². The minimum Gasteiger partial charge on any atom is -0.489 e. The highest BCUT2D eigenvalue weighted by Gasteiger charge is 2.37. The molecule has 0 spiro atoms. The quantitative estimate of drug-likeness (QED) is 0.496. The smallest absolute Gasteiger partial charge is 0.410 e. The van der Waals surface area contributed by atoms with Gasteiger partial charge in [-0.25, -0.2) is 4.79 Å². The third kappa shape index (κ3) is 7.05. The van der Waals surface area contributed by atoms with Crippen LogP contribution in [-0.4, -0.2) is 65.3 Å². The molecule has 0 aromatic heterocycles. The number of benzene rings is 1. The highest BCUT2D eigenvalue weighted by molar-refractivity contribution is 6.42. The third-order valence-electron chi connectivity index (χ3n) is 6.47. The first-order valence-electron chi connectivity index (χ1n) is 12.2. The summed E-state index contributed by atoms with van der Waals surface area (Å²) in [5, 5.41) is 11.9. The van der Waals surface area contributed by atoms with Crippen molar-refractivity contribution < 1.29 is 24.2 Å². The van der Waals surface area contributed by atoms with E-state index in [1.54, 1.807) is 23.1 Å². The van der Waals surface area contributed by atoms with Gasteiger partial charge in [-0.1, -0.05) is 35.9 Å². The van der Waals surface area contributed by atoms with Gasteiger partial charge in [-0.2, -0.15) is 0 Å². The van der Waals surface area contributed by atoms with Crippen molar-refractivity contribution in [3.8, 4) is 5.75 Å². The fourth-order valence-corrected chi connectivity index (χ4v) is 5.14. The molecule has 2 unspecified atom stereocenters. The number of hydrogen-bond donors (Lipinski definition) is 1. The summed E-state index contributed by atoms with van der Waals surface area (Å²) in [6, 6.07) is 3.35. The molecule has 2 heterocycles. The molecule has 3 rings (SSSR count). The average molecular weight is 527 g/mol. The van der Waals surface area contributed by atoms with Crippen LogP contribution in [0.15, 0.2) is 24.8 Å². The van der Waals surface area contributed by atoms with Crippen molar-refractivity contribution in [1.82, 2.24) is 9.80 Å². The molecule has 0 radical (unpaired) electrons. The number of aliphatic hydroxyl groups is 1. The minimum absolute atomic E-state index is 0.0574. The van der Waals surface area contributed by atoms with Gasteiger partial charge in [0.1, 0.15) is 18.0 Å². The Hall–Kier alpha value is -1.96. The van der Waals surface area contributed by atoms with Crippen LogP contribution >= 0.6 is 23.2 Å². The molecule has 2 amide bonds. The number of carbonyl (C=O) groups excluding carboxylic acids is 2. The van der Waals surface area contributed by atoms with Crippen LogP contribution in [0.5, 0.6) is 5.75 Å². The third-order valence-corrected chi connectivity index (χ3v) is 7.28. The first-order chi connectivity index (χ1) is 16.5. The summed E-state index contributed by atoms with van der Waals surface area (Å²) in [7, 11) is 0. The molecule has 9 heteroatoms. The fourth-order valence-electron chi connectivity index (χ4n) is 4.71. The monoisotopic (exact) mass is 526 g/mol. The molecule has 1 N–H and O–H groups in total. The van der Waals surface area contributed by atoms with Crippen LogP contribution in [0.3, 0.4) is 0 Å². The largest absolute Gasteiger partial charge is 0.489 e. The van der Waals surface area contributed by atoms with Crippen LogP contribution in [0.1, 0.15) is 58.1 Å². The molecular formula is C26H36Cl2N2O5. The number of aliphatic hydroxyl groups excluding tert-OH is 1. The number of carbonyl (C=O) groups is 2. The average Bonchev–Trinajstić information content (AvgIpc) is 3.16. The van der Waals surface area contributed by atoms with E-state index in [1.807, 2.05) is 25.7 Å². The summed E-state index contributed by atoms with van der Waals surface area (Å²) in [5.74, 6) is 0.209. The number of amides is 2. The highest BCUT2D eigenvalue weighted by atomic mass is 35.5. The van der Waals surface area contributed by atoms with Crippen LogP contribution < -0.4 is 4.74 Å². The molecule has 0 saturated carbocycles. The standard InChI is InChI=1S/C26H36Cl2N2O5/c1-5-15-34-20-9-8-19(27)22(28)21(20)23(31)17-7-6-12-29(13-10-17)24(32)18-11-14-30(16-18)25(33)35-26(2,3)4/h5,8-9,17-18,23,31H,1,6-7,10-16H2,2-4H3/t17?,18-,23?/m1/s1. The first-order valence-corrected chi connectivity index (χ1v) is 12.9. The Labute approximate surface area is 217 Å². The predicted molar refractivity (Wildman–Crippen MR) is 137 cm³/mol. The lowest BCUT2D eigenvalue weighted by Crippen LogP contribution is -2.40. The Morgan fingerprint density at radius 3 is 2.57 bits per heavy atom. The van der Waals surface area contributed by atoms with E-state index < -0.39 is 11.7 Å². The van der Waals surface area contributed by atoms with E-state index in [2.05, 4.69) is 6.58 Å². The van der Waals surface area contributed by atoms with Crippen LogP contribution in [0.2, 0.25) is 10.0 Å². The molecule has 3 atom stereocenters. The zero-order valence-electron chi connectivity index (χ0n) is 20.8. The number of rotatable bonds is 6. The van der Waals surface area contributed by atoms with Crippen molar-refractivity contribution in [3.63, 3.8) is 0 Å². The van der Waals surface area contributed by atoms with Gasteiger partial charge < -0.3 is 24.4 Å². The lowest BCUT2D eigenvalue weighted by Gasteiger charge is -2.27. The maximum atomic E-state index is 13.2. The van der Waals surface area contributed by atoms with E-state index in [0.717, 1.165) is 12.8 Å². The van der Waals surface area contributed by atoms with Gasteiger partial charge in [0.2, 0.25) is 5.91 Å². The maximum Gasteiger partial charge on any atom is 0.410 e. The van der Waals surface area contributed by atoms with E-state index >= 15 is 0 Å². The highest BCUT2D eigenvalue weighted by Crippen LogP contribution is 2.42. The zero-order valence-corrected chi connectivity index (χ0v) is 22.3. The Bertz CT molecular complexity index is 933. The molecule has 35 heavy (non-hydrogen) atoms. The Morgan fingerprint density at radius 2 is 1.89 bits per heavy atom. The molecule has 1 aromatic carbocycles. The zero-order chi connectivity index (χ0) is 25.8. The second kappa shape index (κ2) is 11.8. The van der Waals surface area contributed by atoms with Gasteiger partial charge >= 0.3 is 6.09 Å². The van der Waals surface area contributed by atoms with Gasteiger partial charge in [0.25, 0.3) is 0 Å². The second-order valence-corrected chi connectivity index (χ2v) is 11.0. The number of halogens is 2. The lowest BCUT2D eigenvalue weighted by atomic mass is 9.89. The number of nitrogens with zero attached hydrogens (tertiary/aromatic N) is 2. The maximum absolute atomic E-state index is 13.2. The van der Waals surface area contributed by atoms with Crippen LogP contribution in [0.25, 0.3) is 0 Å². The number of hydrogen-bond acceptors (Lipinski definition) is 5. The Balaban J connectivity index is 1.63. The molecule has 0 bridgehead atoms. The molecule has 2 fully saturated rings. The van der Waals surface area contributed by atoms with Gasteiger partial charge in [-0.15, -0.1) is 0 Å². The summed E-state index contributed by atoms with van der Waals surface area (Å²) in [4.78, 5) is 29.1. The molecule has 194 valence electrons. The molecule has 0 aliphatic carbocycles. The van der Waals surface area contributed by atoms with Crippen molar-refractivity contribution in [2.45, 2.75) is 58.2 Å². The summed E-state index contributed by atoms with van der Waals surface area (Å²) in [5.41, 5.74) is -0.0861. The molecule has 2 aliphatic heterocycles. The lowest BCUT2D eigenvalue weighted by molar-refractivity contribution is -0.135. The van der Waals surface area contributed by atoms with Crippen molar-refractivity contribution in [3.05, 3.63) is 40.4 Å². The van der Waals surface area contributed by atoms with Crippen LogP contribution in [-0.2, 0) is 9.53 Å². The fraction of sp³-hybridized carbons (Fsp3) is 0.615. The van der Waals surface area contributed by atoms with Crippen LogP contribution in [0, 0.1) is 11.8 Å². The Morgan fingerprint density at radius 1 is 1.17 bits per heavy atom. The van der Waals surface area contributed by atoms with Crippen molar-refractivity contribution >= 4 is 35.2 Å². The van der Waals surface area contributed by atoms with Gasteiger partial charge in [0, 0.05) is 31.7 Å².